The van der Waals surface area contributed by atoms with E-state index in [0.29, 0.717) is 5.39 Å². The van der Waals surface area contributed by atoms with Crippen molar-refractivity contribution in [3.63, 3.8) is 0 Å². The lowest BCUT2D eigenvalue weighted by Crippen LogP contribution is -2.18. The molecule has 1 N–H and O–H groups in total. The molecule has 0 radical (unpaired) electrons. The zero-order valence-corrected chi connectivity index (χ0v) is 13.4. The SMILES string of the molecule is O=C(O)c1nn(-c2ccc(CN3CCCC3)cc2)c2ccccc12. The summed E-state index contributed by atoms with van der Waals surface area (Å²) in [5.74, 6) is -1.00. The number of nitrogens with zero attached hydrogens (tertiary/aromatic N) is 3. The smallest absolute Gasteiger partial charge is 0.357 e. The van der Waals surface area contributed by atoms with Gasteiger partial charge in [0.25, 0.3) is 0 Å². The average Bonchev–Trinajstić information content (AvgIpc) is 3.23. The second-order valence-electron chi connectivity index (χ2n) is 6.23. The molecule has 1 saturated heterocycles. The van der Waals surface area contributed by atoms with Crippen molar-refractivity contribution in [3.8, 4) is 5.69 Å². The summed E-state index contributed by atoms with van der Waals surface area (Å²) in [6.07, 6.45) is 2.57. The van der Waals surface area contributed by atoms with Crippen LogP contribution in [-0.4, -0.2) is 38.8 Å². The molecule has 2 aromatic carbocycles. The molecule has 0 atom stereocenters. The van der Waals surface area contributed by atoms with Gasteiger partial charge in [0, 0.05) is 11.9 Å². The summed E-state index contributed by atoms with van der Waals surface area (Å²) in [4.78, 5) is 13.9. The topological polar surface area (TPSA) is 58.4 Å². The lowest BCUT2D eigenvalue weighted by Gasteiger charge is -2.14. The molecule has 3 aromatic rings. The van der Waals surface area contributed by atoms with Crippen LogP contribution in [0.2, 0.25) is 0 Å². The molecule has 1 aromatic heterocycles. The molecule has 5 heteroatoms. The Labute approximate surface area is 140 Å². The number of hydrogen-bond donors (Lipinski definition) is 1. The van der Waals surface area contributed by atoms with Gasteiger partial charge in [0.15, 0.2) is 5.69 Å². The number of carboxylic acids is 1. The minimum Gasteiger partial charge on any atom is -0.476 e. The highest BCUT2D eigenvalue weighted by molar-refractivity contribution is 6.01. The van der Waals surface area contributed by atoms with Crippen LogP contribution in [0.1, 0.15) is 28.9 Å². The van der Waals surface area contributed by atoms with E-state index in [4.69, 9.17) is 0 Å². The predicted octanol–water partition coefficient (Wildman–Crippen LogP) is 3.32. The molecular formula is C19H19N3O2. The van der Waals surface area contributed by atoms with Crippen LogP contribution in [0, 0.1) is 0 Å². The third kappa shape index (κ3) is 2.67. The maximum Gasteiger partial charge on any atom is 0.357 e. The van der Waals surface area contributed by atoms with Gasteiger partial charge in [-0.1, -0.05) is 30.3 Å². The average molecular weight is 321 g/mol. The molecule has 0 saturated carbocycles. The number of carboxylic acid groups (broad SMARTS) is 1. The molecule has 122 valence electrons. The monoisotopic (exact) mass is 321 g/mol. The quantitative estimate of drug-likeness (QED) is 0.801. The number of hydrogen-bond acceptors (Lipinski definition) is 3. The van der Waals surface area contributed by atoms with E-state index in [0.717, 1.165) is 17.7 Å². The van der Waals surface area contributed by atoms with E-state index in [1.54, 1.807) is 10.7 Å². The summed E-state index contributed by atoms with van der Waals surface area (Å²) < 4.78 is 1.71. The molecule has 0 bridgehead atoms. The minimum absolute atomic E-state index is 0.0896. The standard InChI is InChI=1S/C19H19N3O2/c23-19(24)18-16-5-1-2-6-17(16)22(20-18)15-9-7-14(8-10-15)13-21-11-3-4-12-21/h1-2,5-10H,3-4,11-13H2,(H,23,24). The highest BCUT2D eigenvalue weighted by atomic mass is 16.4. The van der Waals surface area contributed by atoms with Crippen molar-refractivity contribution in [2.24, 2.45) is 0 Å². The van der Waals surface area contributed by atoms with E-state index >= 15 is 0 Å². The van der Waals surface area contributed by atoms with Gasteiger partial charge in [-0.15, -0.1) is 0 Å². The number of benzene rings is 2. The summed E-state index contributed by atoms with van der Waals surface area (Å²) >= 11 is 0. The predicted molar refractivity (Wildman–Crippen MR) is 92.5 cm³/mol. The minimum atomic E-state index is -1.00. The normalized spacial score (nSPS) is 15.2. The third-order valence-corrected chi connectivity index (χ3v) is 4.58. The van der Waals surface area contributed by atoms with Gasteiger partial charge in [-0.05, 0) is 49.7 Å². The largest absolute Gasteiger partial charge is 0.476 e. The molecule has 0 aliphatic carbocycles. The summed E-state index contributed by atoms with van der Waals surface area (Å²) in [5.41, 5.74) is 3.05. The van der Waals surface area contributed by atoms with Gasteiger partial charge >= 0.3 is 5.97 Å². The molecule has 0 amide bonds. The van der Waals surface area contributed by atoms with Crippen molar-refractivity contribution in [2.45, 2.75) is 19.4 Å². The van der Waals surface area contributed by atoms with Gasteiger partial charge in [0.1, 0.15) is 0 Å². The molecule has 4 rings (SSSR count). The molecule has 0 unspecified atom stereocenters. The van der Waals surface area contributed by atoms with Gasteiger partial charge in [-0.25, -0.2) is 9.48 Å². The Morgan fingerprint density at radius 2 is 1.75 bits per heavy atom. The second kappa shape index (κ2) is 6.09. The molecular weight excluding hydrogens is 302 g/mol. The maximum absolute atomic E-state index is 11.4. The second-order valence-corrected chi connectivity index (χ2v) is 6.23. The van der Waals surface area contributed by atoms with E-state index in [1.165, 1.54) is 31.5 Å². The van der Waals surface area contributed by atoms with Crippen molar-refractivity contribution >= 4 is 16.9 Å². The Kier molecular flexibility index (Phi) is 3.78. The fraction of sp³-hybridized carbons (Fsp3) is 0.263. The van der Waals surface area contributed by atoms with Crippen molar-refractivity contribution in [2.75, 3.05) is 13.1 Å². The Balaban J connectivity index is 1.68. The third-order valence-electron chi connectivity index (χ3n) is 4.58. The fourth-order valence-corrected chi connectivity index (χ4v) is 3.36. The molecule has 1 aliphatic heterocycles. The summed E-state index contributed by atoms with van der Waals surface area (Å²) in [5, 5.41) is 14.3. The zero-order chi connectivity index (χ0) is 16.5. The van der Waals surface area contributed by atoms with E-state index in [9.17, 15) is 9.90 Å². The fourth-order valence-electron chi connectivity index (χ4n) is 3.36. The Morgan fingerprint density at radius 3 is 2.46 bits per heavy atom. The van der Waals surface area contributed by atoms with E-state index in [-0.39, 0.29) is 5.69 Å². The number of carbonyl (C=O) groups is 1. The first-order valence-electron chi connectivity index (χ1n) is 8.25. The van der Waals surface area contributed by atoms with Gasteiger partial charge in [0.05, 0.1) is 11.2 Å². The molecule has 2 heterocycles. The van der Waals surface area contributed by atoms with Crippen LogP contribution in [-0.2, 0) is 6.54 Å². The summed E-state index contributed by atoms with van der Waals surface area (Å²) in [7, 11) is 0. The number of rotatable bonds is 4. The van der Waals surface area contributed by atoms with Crippen LogP contribution in [0.3, 0.4) is 0 Å². The highest BCUT2D eigenvalue weighted by Gasteiger charge is 2.17. The summed E-state index contributed by atoms with van der Waals surface area (Å²) in [6, 6.07) is 15.6. The van der Waals surface area contributed by atoms with Crippen molar-refractivity contribution in [1.82, 2.24) is 14.7 Å². The van der Waals surface area contributed by atoms with E-state index in [1.807, 2.05) is 30.3 Å². The number of aromatic nitrogens is 2. The van der Waals surface area contributed by atoms with Gasteiger partial charge < -0.3 is 5.11 Å². The van der Waals surface area contributed by atoms with Crippen LogP contribution >= 0.6 is 0 Å². The Morgan fingerprint density at radius 1 is 1.04 bits per heavy atom. The molecule has 24 heavy (non-hydrogen) atoms. The lowest BCUT2D eigenvalue weighted by atomic mass is 10.2. The van der Waals surface area contributed by atoms with Crippen LogP contribution in [0.4, 0.5) is 0 Å². The number of fused-ring (bicyclic) bond motifs is 1. The first-order valence-corrected chi connectivity index (χ1v) is 8.25. The first-order chi connectivity index (χ1) is 11.7. The number of likely N-dealkylation sites (tertiary alicyclic amines) is 1. The van der Waals surface area contributed by atoms with E-state index in [2.05, 4.69) is 22.1 Å². The van der Waals surface area contributed by atoms with Crippen molar-refractivity contribution in [1.29, 1.82) is 0 Å². The van der Waals surface area contributed by atoms with Crippen LogP contribution in [0.25, 0.3) is 16.6 Å². The van der Waals surface area contributed by atoms with Crippen molar-refractivity contribution < 1.29 is 9.90 Å². The van der Waals surface area contributed by atoms with Gasteiger partial charge in [-0.2, -0.15) is 5.10 Å². The zero-order valence-electron chi connectivity index (χ0n) is 13.4. The molecule has 1 fully saturated rings. The van der Waals surface area contributed by atoms with Crippen molar-refractivity contribution in [3.05, 3.63) is 59.8 Å². The highest BCUT2D eigenvalue weighted by Crippen LogP contribution is 2.23. The van der Waals surface area contributed by atoms with Crippen LogP contribution in [0.15, 0.2) is 48.5 Å². The summed E-state index contributed by atoms with van der Waals surface area (Å²) in [6.45, 7) is 3.32. The van der Waals surface area contributed by atoms with Gasteiger partial charge in [-0.3, -0.25) is 4.90 Å². The number of para-hydroxylation sites is 1. The molecule has 1 aliphatic rings. The first kappa shape index (κ1) is 14.9. The molecule has 0 spiro atoms. The lowest BCUT2D eigenvalue weighted by molar-refractivity contribution is 0.0692. The number of aromatic carboxylic acids is 1. The van der Waals surface area contributed by atoms with Crippen LogP contribution < -0.4 is 0 Å². The van der Waals surface area contributed by atoms with Gasteiger partial charge in [0.2, 0.25) is 0 Å². The maximum atomic E-state index is 11.4. The Hall–Kier alpha value is -2.66. The van der Waals surface area contributed by atoms with Crippen LogP contribution in [0.5, 0.6) is 0 Å². The Bertz CT molecular complexity index is 877. The van der Waals surface area contributed by atoms with E-state index < -0.39 is 5.97 Å². The molecule has 5 nitrogen and oxygen atoms in total.